The van der Waals surface area contributed by atoms with Gasteiger partial charge in [0.15, 0.2) is 0 Å². The van der Waals surface area contributed by atoms with E-state index in [9.17, 15) is 9.46 Å². The van der Waals surface area contributed by atoms with Crippen LogP contribution in [0, 0.1) is 0 Å². The summed E-state index contributed by atoms with van der Waals surface area (Å²) in [4.78, 5) is 10.5. The number of ether oxygens (including phenoxy) is 5. The maximum absolute atomic E-state index is 12.9. The van der Waals surface area contributed by atoms with Crippen LogP contribution >= 0.6 is 20.0 Å². The first-order chi connectivity index (χ1) is 20.5. The van der Waals surface area contributed by atoms with Crippen LogP contribution in [0.2, 0.25) is 0 Å². The van der Waals surface area contributed by atoms with E-state index >= 15 is 0 Å². The molecule has 5 atom stereocenters. The van der Waals surface area contributed by atoms with Crippen LogP contribution < -0.4 is 15.2 Å². The highest BCUT2D eigenvalue weighted by Gasteiger charge is 2.50. The van der Waals surface area contributed by atoms with Gasteiger partial charge < -0.3 is 34.3 Å². The maximum Gasteiger partial charge on any atom is 0.472 e. The van der Waals surface area contributed by atoms with Crippen molar-refractivity contribution in [3.63, 3.8) is 0 Å². The molecule has 3 aromatic carbocycles. The Labute approximate surface area is 258 Å². The zero-order chi connectivity index (χ0) is 31.2. The standard InChI is InChI=1S/C30H37BNO9PS/c1-19(2)40-42(33,34)41-26-25(38-28(31)27(26)39-29(32)43)18-37-30(20-8-6-5-7-9-20,21-10-14-23(35-3)15-11-21)22-12-16-24(36-4)17-13-22/h5-17,19,25-28H,18,31H2,1-4H3,(H2,32,43)(H,33,34)/t25-,26+,27?,28-/m1/s1. The molecule has 0 spiro atoms. The molecule has 0 radical (unpaired) electrons. The van der Waals surface area contributed by atoms with Gasteiger partial charge in [0.25, 0.3) is 5.17 Å². The second-order valence-corrected chi connectivity index (χ2v) is 12.1. The summed E-state index contributed by atoms with van der Waals surface area (Å²) in [5, 5.41) is -0.247. The van der Waals surface area contributed by atoms with Crippen LogP contribution in [0.5, 0.6) is 11.5 Å². The van der Waals surface area contributed by atoms with E-state index in [4.69, 9.17) is 50.7 Å². The number of nitrogens with two attached hydrogens (primary N) is 1. The highest BCUT2D eigenvalue weighted by Crippen LogP contribution is 2.49. The van der Waals surface area contributed by atoms with E-state index in [1.807, 2.05) is 78.9 Å². The van der Waals surface area contributed by atoms with E-state index in [2.05, 4.69) is 0 Å². The van der Waals surface area contributed by atoms with Crippen LogP contribution in [-0.4, -0.2) is 69.2 Å². The van der Waals surface area contributed by atoms with Crippen LogP contribution in [0.4, 0.5) is 0 Å². The molecular weight excluding hydrogens is 592 g/mol. The molecule has 1 aliphatic heterocycles. The summed E-state index contributed by atoms with van der Waals surface area (Å²) in [6.07, 6.45) is -3.44. The lowest BCUT2D eigenvalue weighted by molar-refractivity contribution is -0.0753. The van der Waals surface area contributed by atoms with Gasteiger partial charge in [0.1, 0.15) is 43.3 Å². The van der Waals surface area contributed by atoms with E-state index < -0.39 is 43.8 Å². The molecule has 3 N–H and O–H groups in total. The number of phosphoric acid groups is 1. The zero-order valence-corrected chi connectivity index (χ0v) is 26.5. The van der Waals surface area contributed by atoms with Crippen LogP contribution in [0.25, 0.3) is 0 Å². The average molecular weight is 629 g/mol. The third kappa shape index (κ3) is 7.77. The lowest BCUT2D eigenvalue weighted by Gasteiger charge is -2.37. The SMILES string of the molecule is B[C@@H]1O[C@H](COC(c2ccccc2)(c2ccc(OC)cc2)c2ccc(OC)cc2)[C@H](OP(=O)(O)OC(C)C)C1OC(N)=S. The number of rotatable bonds is 13. The third-order valence-electron chi connectivity index (χ3n) is 7.03. The van der Waals surface area contributed by atoms with E-state index in [1.54, 1.807) is 35.9 Å². The van der Waals surface area contributed by atoms with Gasteiger partial charge in [-0.3, -0.25) is 9.05 Å². The van der Waals surface area contributed by atoms with Gasteiger partial charge in [-0.15, -0.1) is 0 Å². The molecule has 4 rings (SSSR count). The minimum atomic E-state index is -4.53. The van der Waals surface area contributed by atoms with Crippen molar-refractivity contribution >= 4 is 33.1 Å². The molecular formula is C30H37BNO9PS. The van der Waals surface area contributed by atoms with Crippen molar-refractivity contribution in [2.75, 3.05) is 20.8 Å². The van der Waals surface area contributed by atoms with E-state index in [1.165, 1.54) is 0 Å². The average Bonchev–Trinajstić information content (AvgIpc) is 3.26. The molecule has 43 heavy (non-hydrogen) atoms. The predicted octanol–water partition coefficient (Wildman–Crippen LogP) is 3.91. The largest absolute Gasteiger partial charge is 0.497 e. The fourth-order valence-corrected chi connectivity index (χ4v) is 6.45. The second kappa shape index (κ2) is 14.2. The van der Waals surface area contributed by atoms with Crippen molar-refractivity contribution in [3.8, 4) is 11.5 Å². The van der Waals surface area contributed by atoms with Gasteiger partial charge >= 0.3 is 7.82 Å². The Morgan fingerprint density at radius 2 is 1.47 bits per heavy atom. The fraction of sp³-hybridized carbons (Fsp3) is 0.367. The minimum Gasteiger partial charge on any atom is -0.497 e. The monoisotopic (exact) mass is 629 g/mol. The van der Waals surface area contributed by atoms with Gasteiger partial charge in [0, 0.05) is 0 Å². The van der Waals surface area contributed by atoms with E-state index in [-0.39, 0.29) is 11.8 Å². The van der Waals surface area contributed by atoms with Crippen molar-refractivity contribution in [2.45, 2.75) is 49.9 Å². The second-order valence-electron chi connectivity index (χ2n) is 10.3. The third-order valence-corrected chi connectivity index (χ3v) is 8.33. The van der Waals surface area contributed by atoms with Crippen molar-refractivity contribution < 1.29 is 42.2 Å². The zero-order valence-electron chi connectivity index (χ0n) is 24.7. The van der Waals surface area contributed by atoms with Crippen molar-refractivity contribution in [1.82, 2.24) is 0 Å². The van der Waals surface area contributed by atoms with Crippen molar-refractivity contribution in [1.29, 1.82) is 0 Å². The Morgan fingerprint density at radius 3 is 1.93 bits per heavy atom. The molecule has 0 aromatic heterocycles. The van der Waals surface area contributed by atoms with Crippen LogP contribution in [0.3, 0.4) is 0 Å². The van der Waals surface area contributed by atoms with E-state index in [0.717, 1.165) is 16.7 Å². The lowest BCUT2D eigenvalue weighted by atomic mass is 9.80. The number of hydrogen-bond acceptors (Lipinski definition) is 9. The van der Waals surface area contributed by atoms with Crippen molar-refractivity contribution in [3.05, 3.63) is 95.6 Å². The first-order valence-corrected chi connectivity index (χ1v) is 15.7. The summed E-state index contributed by atoms with van der Waals surface area (Å²) in [6, 6.07) is 24.3. The molecule has 1 saturated heterocycles. The Balaban J connectivity index is 1.80. The van der Waals surface area contributed by atoms with Crippen LogP contribution in [0.1, 0.15) is 30.5 Å². The van der Waals surface area contributed by atoms with E-state index in [0.29, 0.717) is 11.5 Å². The summed E-state index contributed by atoms with van der Waals surface area (Å²) < 4.78 is 53.4. The molecule has 230 valence electrons. The van der Waals surface area contributed by atoms with Crippen molar-refractivity contribution in [2.24, 2.45) is 5.73 Å². The molecule has 0 saturated carbocycles. The topological polar surface area (TPSA) is 128 Å². The molecule has 3 aromatic rings. The minimum absolute atomic E-state index is 0.0825. The first-order valence-electron chi connectivity index (χ1n) is 13.8. The predicted molar refractivity (Wildman–Crippen MR) is 168 cm³/mol. The smallest absolute Gasteiger partial charge is 0.472 e. The Kier molecular flexibility index (Phi) is 10.9. The Hall–Kier alpha value is -2.96. The summed E-state index contributed by atoms with van der Waals surface area (Å²) in [6.45, 7) is 3.17. The Bertz CT molecular complexity index is 1350. The fourth-order valence-electron chi connectivity index (χ4n) is 5.19. The molecule has 1 aliphatic rings. The van der Waals surface area contributed by atoms with Gasteiger partial charge in [-0.25, -0.2) is 4.57 Å². The summed E-state index contributed by atoms with van der Waals surface area (Å²) in [7, 11) is 0.419. The molecule has 1 fully saturated rings. The van der Waals surface area contributed by atoms with Gasteiger partial charge in [-0.1, -0.05) is 54.6 Å². The molecule has 1 heterocycles. The maximum atomic E-state index is 12.9. The number of hydrogen-bond donors (Lipinski definition) is 2. The molecule has 2 unspecified atom stereocenters. The number of methoxy groups -OCH3 is 2. The Morgan fingerprint density at radius 1 is 0.953 bits per heavy atom. The van der Waals surface area contributed by atoms with Gasteiger partial charge in [-0.2, -0.15) is 0 Å². The first kappa shape index (κ1) is 32.9. The quantitative estimate of drug-likeness (QED) is 0.124. The molecule has 13 heteroatoms. The lowest BCUT2D eigenvalue weighted by Crippen LogP contribution is -2.43. The number of thiocarbonyl (C=S) groups is 1. The van der Waals surface area contributed by atoms with Gasteiger partial charge in [-0.05, 0) is 67.0 Å². The number of phosphoric ester groups is 1. The van der Waals surface area contributed by atoms with Crippen LogP contribution in [-0.2, 0) is 33.4 Å². The molecule has 10 nitrogen and oxygen atoms in total. The number of benzene rings is 3. The highest BCUT2D eigenvalue weighted by molar-refractivity contribution is 7.80. The summed E-state index contributed by atoms with van der Waals surface area (Å²) in [5.41, 5.74) is 6.98. The molecule has 0 amide bonds. The highest BCUT2D eigenvalue weighted by atomic mass is 32.1. The molecule has 0 bridgehead atoms. The normalized spacial score (nSPS) is 21.7. The van der Waals surface area contributed by atoms with Gasteiger partial charge in [0.2, 0.25) is 0 Å². The van der Waals surface area contributed by atoms with Gasteiger partial charge in [0.05, 0.1) is 32.9 Å². The van der Waals surface area contributed by atoms with Crippen LogP contribution in [0.15, 0.2) is 78.9 Å². The summed E-state index contributed by atoms with van der Waals surface area (Å²) in [5.74, 6) is 1.37. The summed E-state index contributed by atoms with van der Waals surface area (Å²) >= 11 is 4.97. The molecule has 0 aliphatic carbocycles.